The summed E-state index contributed by atoms with van der Waals surface area (Å²) in [5.74, 6) is 3.89. The summed E-state index contributed by atoms with van der Waals surface area (Å²) < 4.78 is 23.1. The van der Waals surface area contributed by atoms with Crippen LogP contribution in [-0.2, 0) is 0 Å². The molecule has 4 atom stereocenters. The number of hydrogen-bond acceptors (Lipinski definition) is 4. The van der Waals surface area contributed by atoms with E-state index in [0.717, 1.165) is 41.7 Å². The Morgan fingerprint density at radius 1 is 0.462 bits per heavy atom. The van der Waals surface area contributed by atoms with Crippen LogP contribution in [0.1, 0.15) is 6.42 Å². The zero-order valence-electron chi connectivity index (χ0n) is 22.9. The average molecular weight is 597 g/mol. The maximum absolute atomic E-state index is 5.82. The summed E-state index contributed by atoms with van der Waals surface area (Å²) in [5.41, 5.74) is 0. The first-order chi connectivity index (χ1) is 19.2. The molecule has 4 aromatic rings. The second-order valence-corrected chi connectivity index (χ2v) is 18.3. The van der Waals surface area contributed by atoms with Crippen molar-refractivity contribution in [3.8, 4) is 23.0 Å². The number of ether oxygens (including phenoxy) is 4. The summed E-state index contributed by atoms with van der Waals surface area (Å²) in [6.07, 6.45) is 3.37. The molecule has 204 valence electrons. The third-order valence-electron chi connectivity index (χ3n) is 6.24. The molecule has 0 amide bonds. The van der Waals surface area contributed by atoms with Crippen molar-refractivity contribution in [1.29, 1.82) is 0 Å². The lowest BCUT2D eigenvalue weighted by Gasteiger charge is -2.24. The van der Waals surface area contributed by atoms with Crippen LogP contribution in [0.3, 0.4) is 0 Å². The van der Waals surface area contributed by atoms with Crippen LogP contribution < -0.4 is 40.2 Å². The molecule has 0 aromatic heterocycles. The predicted octanol–water partition coefficient (Wildman–Crippen LogP) is 6.86. The van der Waals surface area contributed by atoms with Crippen molar-refractivity contribution < 1.29 is 18.9 Å². The lowest BCUT2D eigenvalue weighted by Crippen LogP contribution is -2.11. The third-order valence-corrected chi connectivity index (χ3v) is 17.4. The van der Waals surface area contributed by atoms with Crippen LogP contribution >= 0.6 is 31.8 Å². The second-order valence-electron chi connectivity index (χ2n) is 8.62. The molecule has 0 fully saturated rings. The fourth-order valence-electron chi connectivity index (χ4n) is 4.33. The minimum Gasteiger partial charge on any atom is -0.496 e. The summed E-state index contributed by atoms with van der Waals surface area (Å²) in [7, 11) is 7.38. The van der Waals surface area contributed by atoms with Gasteiger partial charge in [0.15, 0.2) is 0 Å². The van der Waals surface area contributed by atoms with E-state index in [9.17, 15) is 0 Å². The van der Waals surface area contributed by atoms with E-state index >= 15 is 0 Å². The van der Waals surface area contributed by atoms with Crippen LogP contribution in [0.25, 0.3) is 0 Å². The molecule has 39 heavy (non-hydrogen) atoms. The predicted molar refractivity (Wildman–Crippen MR) is 175 cm³/mol. The smallest absolute Gasteiger partial charge is 0.126 e. The Bertz CT molecular complexity index is 1230. The van der Waals surface area contributed by atoms with Crippen molar-refractivity contribution in [3.05, 3.63) is 97.1 Å². The van der Waals surface area contributed by atoms with E-state index < -0.39 is 15.2 Å². The van der Waals surface area contributed by atoms with Crippen molar-refractivity contribution >= 4 is 53.0 Å². The highest BCUT2D eigenvalue weighted by Gasteiger charge is 2.22. The Kier molecular flexibility index (Phi) is 11.9. The van der Waals surface area contributed by atoms with E-state index in [-0.39, 0.29) is 0 Å². The second kappa shape index (κ2) is 15.6. The van der Waals surface area contributed by atoms with Crippen LogP contribution in [0.15, 0.2) is 97.1 Å². The highest BCUT2D eigenvalue weighted by atomic mass is 32.1. The molecule has 0 aliphatic heterocycles. The summed E-state index contributed by atoms with van der Waals surface area (Å²) in [6, 6.07) is 33.8. The van der Waals surface area contributed by atoms with Crippen LogP contribution in [0.5, 0.6) is 23.0 Å². The molecule has 4 unspecified atom stereocenters. The zero-order valence-corrected chi connectivity index (χ0v) is 26.7. The van der Waals surface area contributed by atoms with E-state index in [1.54, 1.807) is 28.4 Å². The van der Waals surface area contributed by atoms with Crippen molar-refractivity contribution in [3.63, 3.8) is 0 Å². The molecule has 0 aliphatic rings. The maximum atomic E-state index is 5.82. The number of rotatable bonds is 14. The Balaban J connectivity index is 1.60. The first-order valence-corrected chi connectivity index (χ1v) is 19.5. The lowest BCUT2D eigenvalue weighted by atomic mass is 10.3. The summed E-state index contributed by atoms with van der Waals surface area (Å²) in [4.78, 5) is 0. The number of hydrogen-bond donors (Lipinski definition) is 0. The van der Waals surface area contributed by atoms with Gasteiger partial charge in [0.25, 0.3) is 0 Å². The highest BCUT2D eigenvalue weighted by Crippen LogP contribution is 2.60. The van der Waals surface area contributed by atoms with Crippen molar-refractivity contribution in [1.82, 2.24) is 0 Å². The van der Waals surface area contributed by atoms with E-state index in [1.807, 2.05) is 12.1 Å². The number of benzene rings is 4. The quantitative estimate of drug-likeness (QED) is 0.149. The summed E-state index contributed by atoms with van der Waals surface area (Å²) in [5, 5.41) is 5.21. The minimum absolute atomic E-state index is 0.480. The summed E-state index contributed by atoms with van der Waals surface area (Å²) in [6.45, 7) is 0. The van der Waals surface area contributed by atoms with Gasteiger partial charge in [-0.1, -0.05) is 89.3 Å². The Labute approximate surface area is 238 Å². The molecule has 0 heterocycles. The van der Waals surface area contributed by atoms with Crippen LogP contribution in [0.2, 0.25) is 0 Å². The van der Waals surface area contributed by atoms with Gasteiger partial charge in [-0.15, -0.1) is 0 Å². The van der Waals surface area contributed by atoms with Crippen LogP contribution in [0, 0.1) is 0 Å². The van der Waals surface area contributed by atoms with Gasteiger partial charge in [-0.2, -0.15) is 0 Å². The molecule has 4 nitrogen and oxygen atoms in total. The molecule has 0 bridgehead atoms. The van der Waals surface area contributed by atoms with E-state index in [2.05, 4.69) is 84.9 Å². The van der Waals surface area contributed by atoms with Gasteiger partial charge in [0, 0.05) is 21.2 Å². The van der Waals surface area contributed by atoms with Crippen molar-refractivity contribution in [2.45, 2.75) is 6.42 Å². The van der Waals surface area contributed by atoms with Crippen molar-refractivity contribution in [2.75, 3.05) is 40.8 Å². The van der Waals surface area contributed by atoms with Gasteiger partial charge < -0.3 is 18.9 Å². The molecular formula is C31H36O4P4. The van der Waals surface area contributed by atoms with Gasteiger partial charge in [0.05, 0.1) is 28.4 Å². The van der Waals surface area contributed by atoms with Crippen molar-refractivity contribution in [2.24, 2.45) is 0 Å². The number of methoxy groups -OCH3 is 4. The fraction of sp³-hybridized carbons (Fsp3) is 0.226. The third kappa shape index (κ3) is 7.93. The first kappa shape index (κ1) is 29.8. The zero-order chi connectivity index (χ0) is 27.5. The van der Waals surface area contributed by atoms with E-state index in [1.165, 1.54) is 21.2 Å². The van der Waals surface area contributed by atoms with Gasteiger partial charge in [-0.25, -0.2) is 0 Å². The molecule has 4 aromatic carbocycles. The monoisotopic (exact) mass is 596 g/mol. The molecule has 0 N–H and O–H groups in total. The van der Waals surface area contributed by atoms with Gasteiger partial charge >= 0.3 is 0 Å². The molecule has 0 saturated heterocycles. The normalized spacial score (nSPS) is 13.0. The van der Waals surface area contributed by atoms with Crippen LogP contribution in [-0.4, -0.2) is 40.8 Å². The van der Waals surface area contributed by atoms with Gasteiger partial charge in [-0.05, 0) is 58.2 Å². The highest BCUT2D eigenvalue weighted by molar-refractivity contribution is 8.28. The molecule has 4 rings (SSSR count). The average Bonchev–Trinajstić information content (AvgIpc) is 3.00. The Morgan fingerprint density at radius 3 is 1.18 bits per heavy atom. The topological polar surface area (TPSA) is 36.9 Å². The number of para-hydroxylation sites is 4. The standard InChI is InChI=1S/C31H36O4P4/c1-32-24-14-5-9-18-28(24)36-38(30-20-11-7-16-26(30)34-3)22-13-23-39(31-21-12-8-17-27(31)35-4)37-29-19-10-6-15-25(29)33-2/h5-12,14-21,36-37H,13,22-23H2,1-4H3. The van der Waals surface area contributed by atoms with Crippen LogP contribution in [0.4, 0.5) is 0 Å². The van der Waals surface area contributed by atoms with Gasteiger partial charge in [0.2, 0.25) is 0 Å². The summed E-state index contributed by atoms with van der Waals surface area (Å²) >= 11 is 0. The Morgan fingerprint density at radius 2 is 0.795 bits per heavy atom. The molecule has 0 radical (unpaired) electrons. The largest absolute Gasteiger partial charge is 0.496 e. The Hall–Kier alpha value is -2.20. The SMILES string of the molecule is COc1ccccc1PP(CCCP(Pc1ccccc1OC)c1ccccc1OC)c1ccccc1OC. The fourth-order valence-corrected chi connectivity index (χ4v) is 15.7. The molecule has 0 saturated carbocycles. The van der Waals surface area contributed by atoms with Gasteiger partial charge in [-0.3, -0.25) is 0 Å². The molecule has 0 aliphatic carbocycles. The minimum atomic E-state index is -0.480. The first-order valence-electron chi connectivity index (χ1n) is 12.8. The van der Waals surface area contributed by atoms with E-state index in [4.69, 9.17) is 18.9 Å². The van der Waals surface area contributed by atoms with Gasteiger partial charge in [0.1, 0.15) is 23.0 Å². The van der Waals surface area contributed by atoms with E-state index in [0.29, 0.717) is 16.5 Å². The lowest BCUT2D eigenvalue weighted by molar-refractivity contribution is 0.418. The molecule has 0 spiro atoms. The molecule has 8 heteroatoms. The molecular weight excluding hydrogens is 560 g/mol. The maximum Gasteiger partial charge on any atom is 0.126 e.